The largest absolute Gasteiger partial charge is 0.377 e. The van der Waals surface area contributed by atoms with E-state index in [1.54, 1.807) is 0 Å². The maximum Gasteiger partial charge on any atom is 0.214 e. The molecule has 1 saturated heterocycles. The molecule has 0 radical (unpaired) electrons. The van der Waals surface area contributed by atoms with Crippen molar-refractivity contribution in [3.05, 3.63) is 0 Å². The first kappa shape index (κ1) is 16.2. The molecule has 2 aliphatic rings. The van der Waals surface area contributed by atoms with Crippen LogP contribution in [0.5, 0.6) is 0 Å². The van der Waals surface area contributed by atoms with Gasteiger partial charge in [-0.3, -0.25) is 0 Å². The van der Waals surface area contributed by atoms with E-state index in [1.165, 1.54) is 0 Å². The molecule has 1 aliphatic carbocycles. The Morgan fingerprint density at radius 3 is 2.40 bits per heavy atom. The summed E-state index contributed by atoms with van der Waals surface area (Å²) in [6, 6.07) is -0.646. The molecule has 1 heterocycles. The highest BCUT2D eigenvalue weighted by atomic mass is 32.2. The molecule has 0 spiro atoms. The van der Waals surface area contributed by atoms with E-state index in [1.807, 2.05) is 6.92 Å². The Labute approximate surface area is 120 Å². The van der Waals surface area contributed by atoms with Gasteiger partial charge in [0, 0.05) is 12.6 Å². The molecule has 1 saturated carbocycles. The molecule has 0 amide bonds. The monoisotopic (exact) mass is 326 g/mol. The maximum atomic E-state index is 12.3. The van der Waals surface area contributed by atoms with Gasteiger partial charge < -0.3 is 10.5 Å². The summed E-state index contributed by atoms with van der Waals surface area (Å²) in [5.41, 5.74) is 5.82. The molecule has 0 bridgehead atoms. The Balaban J connectivity index is 1.97. The number of nitrogens with two attached hydrogens (primary N) is 1. The van der Waals surface area contributed by atoms with Gasteiger partial charge in [0.25, 0.3) is 0 Å². The molecule has 20 heavy (non-hydrogen) atoms. The first-order valence-corrected chi connectivity index (χ1v) is 10.2. The van der Waals surface area contributed by atoms with Crippen LogP contribution in [0.15, 0.2) is 0 Å². The average Bonchev–Trinajstić information content (AvgIpc) is 2.36. The Morgan fingerprint density at radius 2 is 1.90 bits per heavy atom. The van der Waals surface area contributed by atoms with Crippen molar-refractivity contribution in [1.82, 2.24) is 4.72 Å². The van der Waals surface area contributed by atoms with Crippen molar-refractivity contribution >= 4 is 19.9 Å². The minimum atomic E-state index is -3.55. The normalized spacial score (nSPS) is 34.6. The van der Waals surface area contributed by atoms with Crippen LogP contribution in [0, 0.1) is 0 Å². The van der Waals surface area contributed by atoms with Crippen molar-refractivity contribution in [2.24, 2.45) is 5.73 Å². The third-order valence-electron chi connectivity index (χ3n) is 3.99. The van der Waals surface area contributed by atoms with E-state index in [4.69, 9.17) is 10.5 Å². The summed E-state index contributed by atoms with van der Waals surface area (Å²) in [6.45, 7) is 2.36. The minimum Gasteiger partial charge on any atom is -0.377 e. The lowest BCUT2D eigenvalue weighted by molar-refractivity contribution is -0.0249. The highest BCUT2D eigenvalue weighted by molar-refractivity contribution is 7.92. The highest BCUT2D eigenvalue weighted by Crippen LogP contribution is 2.26. The molecule has 118 valence electrons. The van der Waals surface area contributed by atoms with Crippen LogP contribution in [0.4, 0.5) is 0 Å². The van der Waals surface area contributed by atoms with E-state index < -0.39 is 31.2 Å². The Bertz CT molecular complexity index is 529. The van der Waals surface area contributed by atoms with E-state index >= 15 is 0 Å². The summed E-state index contributed by atoms with van der Waals surface area (Å²) in [6.07, 6.45) is 0.759. The molecule has 3 N–H and O–H groups in total. The predicted molar refractivity (Wildman–Crippen MR) is 75.5 cm³/mol. The number of hydrogen-bond donors (Lipinski definition) is 2. The second-order valence-electron chi connectivity index (χ2n) is 5.43. The van der Waals surface area contributed by atoms with Gasteiger partial charge in [-0.1, -0.05) is 0 Å². The van der Waals surface area contributed by atoms with Gasteiger partial charge >= 0.3 is 0 Å². The van der Waals surface area contributed by atoms with Crippen molar-refractivity contribution in [1.29, 1.82) is 0 Å². The zero-order valence-corrected chi connectivity index (χ0v) is 13.1. The van der Waals surface area contributed by atoms with Crippen LogP contribution in [0.1, 0.15) is 26.2 Å². The molecule has 3 atom stereocenters. The number of sulfonamides is 1. The molecule has 9 heteroatoms. The average molecular weight is 326 g/mol. The van der Waals surface area contributed by atoms with Crippen LogP contribution in [0.3, 0.4) is 0 Å². The van der Waals surface area contributed by atoms with Crippen LogP contribution >= 0.6 is 0 Å². The van der Waals surface area contributed by atoms with Crippen LogP contribution < -0.4 is 10.5 Å². The van der Waals surface area contributed by atoms with E-state index in [-0.39, 0.29) is 36.5 Å². The number of rotatable bonds is 5. The van der Waals surface area contributed by atoms with Gasteiger partial charge in [0.15, 0.2) is 0 Å². The lowest BCUT2D eigenvalue weighted by Gasteiger charge is -2.42. The standard InChI is InChI=1S/C11H22N2O5S2/c1-2-18-10-7-9(12)11(10)13-20(16,17)8-3-5-19(14,15)6-4-8/h8-11,13H,2-7,12H2,1H3. The molecule has 2 fully saturated rings. The second-order valence-corrected chi connectivity index (χ2v) is 9.73. The van der Waals surface area contributed by atoms with Crippen LogP contribution in [0.25, 0.3) is 0 Å². The third kappa shape index (κ3) is 3.51. The summed E-state index contributed by atoms with van der Waals surface area (Å²) in [7, 11) is -6.62. The summed E-state index contributed by atoms with van der Waals surface area (Å²) in [5, 5.41) is -0.652. The van der Waals surface area contributed by atoms with Crippen LogP contribution in [-0.4, -0.2) is 58.4 Å². The van der Waals surface area contributed by atoms with Gasteiger partial charge in [-0.05, 0) is 26.2 Å². The van der Waals surface area contributed by atoms with Crippen molar-refractivity contribution in [2.75, 3.05) is 18.1 Å². The number of hydrogen-bond acceptors (Lipinski definition) is 6. The van der Waals surface area contributed by atoms with Gasteiger partial charge in [0.2, 0.25) is 10.0 Å². The van der Waals surface area contributed by atoms with E-state index in [2.05, 4.69) is 4.72 Å². The Hall–Kier alpha value is -0.220. The quantitative estimate of drug-likeness (QED) is 0.669. The maximum absolute atomic E-state index is 12.3. The first-order chi connectivity index (χ1) is 9.25. The Kier molecular flexibility index (Phi) is 4.75. The van der Waals surface area contributed by atoms with Crippen molar-refractivity contribution in [2.45, 2.75) is 49.6 Å². The topological polar surface area (TPSA) is 116 Å². The number of sulfone groups is 1. The zero-order valence-electron chi connectivity index (χ0n) is 11.5. The van der Waals surface area contributed by atoms with E-state index in [0.717, 1.165) is 0 Å². The summed E-state index contributed by atoms with van der Waals surface area (Å²) in [5.74, 6) is -0.131. The van der Waals surface area contributed by atoms with E-state index in [9.17, 15) is 16.8 Å². The third-order valence-corrected chi connectivity index (χ3v) is 7.65. The van der Waals surface area contributed by atoms with E-state index in [0.29, 0.717) is 13.0 Å². The molecule has 3 unspecified atom stereocenters. The molecule has 0 aromatic rings. The number of nitrogens with one attached hydrogen (secondary N) is 1. The number of ether oxygens (including phenoxy) is 1. The SMILES string of the molecule is CCOC1CC(N)C1NS(=O)(=O)C1CCS(=O)(=O)CC1. The predicted octanol–water partition coefficient (Wildman–Crippen LogP) is -1.01. The minimum absolute atomic E-state index is 0.0653. The van der Waals surface area contributed by atoms with Crippen LogP contribution in [0.2, 0.25) is 0 Å². The van der Waals surface area contributed by atoms with Crippen molar-refractivity contribution in [3.63, 3.8) is 0 Å². The summed E-state index contributed by atoms with van der Waals surface area (Å²) in [4.78, 5) is 0. The lowest BCUT2D eigenvalue weighted by atomic mass is 9.84. The van der Waals surface area contributed by atoms with Gasteiger partial charge in [-0.2, -0.15) is 0 Å². The van der Waals surface area contributed by atoms with Gasteiger partial charge in [-0.25, -0.2) is 21.6 Å². The molecule has 0 aromatic carbocycles. The summed E-state index contributed by atoms with van der Waals surface area (Å²) >= 11 is 0. The lowest BCUT2D eigenvalue weighted by Crippen LogP contribution is -2.65. The molecule has 1 aliphatic heterocycles. The highest BCUT2D eigenvalue weighted by Gasteiger charge is 2.44. The smallest absolute Gasteiger partial charge is 0.214 e. The van der Waals surface area contributed by atoms with Crippen LogP contribution in [-0.2, 0) is 24.6 Å². The second kappa shape index (κ2) is 5.88. The molecule has 2 rings (SSSR count). The summed E-state index contributed by atoms with van der Waals surface area (Å²) < 4.78 is 55.3. The van der Waals surface area contributed by atoms with Gasteiger partial charge in [-0.15, -0.1) is 0 Å². The van der Waals surface area contributed by atoms with Gasteiger partial charge in [0.1, 0.15) is 9.84 Å². The van der Waals surface area contributed by atoms with Crippen molar-refractivity contribution < 1.29 is 21.6 Å². The zero-order chi connectivity index (χ0) is 15.0. The molecular formula is C11H22N2O5S2. The Morgan fingerprint density at radius 1 is 1.30 bits per heavy atom. The fourth-order valence-corrected chi connectivity index (χ4v) is 6.20. The van der Waals surface area contributed by atoms with Crippen molar-refractivity contribution in [3.8, 4) is 0 Å². The molecule has 7 nitrogen and oxygen atoms in total. The fourth-order valence-electron chi connectivity index (χ4n) is 2.66. The fraction of sp³-hybridized carbons (Fsp3) is 1.00. The van der Waals surface area contributed by atoms with Gasteiger partial charge in [0.05, 0.1) is 28.9 Å². The molecular weight excluding hydrogens is 304 g/mol. The molecule has 0 aromatic heterocycles. The first-order valence-electron chi connectivity index (χ1n) is 6.84.